The number of nitrogens with zero attached hydrogens (tertiary/aromatic N) is 2. The zero-order chi connectivity index (χ0) is 17.2. The van der Waals surface area contributed by atoms with Gasteiger partial charge in [-0.1, -0.05) is 63.2 Å². The van der Waals surface area contributed by atoms with Gasteiger partial charge in [0.1, 0.15) is 0 Å². The summed E-state index contributed by atoms with van der Waals surface area (Å²) in [7, 11) is 0. The minimum Gasteiger partial charge on any atom is -0.289 e. The van der Waals surface area contributed by atoms with Gasteiger partial charge in [-0.05, 0) is 29.2 Å². The van der Waals surface area contributed by atoms with Crippen molar-refractivity contribution in [3.05, 3.63) is 83.6 Å². The van der Waals surface area contributed by atoms with Crippen LogP contribution in [0.15, 0.2) is 82.7 Å². The molecule has 0 fully saturated rings. The van der Waals surface area contributed by atoms with E-state index < -0.39 is 0 Å². The van der Waals surface area contributed by atoms with Crippen LogP contribution in [-0.4, -0.2) is 5.78 Å². The summed E-state index contributed by atoms with van der Waals surface area (Å²) >= 11 is 0. The van der Waals surface area contributed by atoms with E-state index in [9.17, 15) is 4.79 Å². The molecule has 0 N–H and O–H groups in total. The van der Waals surface area contributed by atoms with Gasteiger partial charge in [-0.3, -0.25) is 4.79 Å². The molecule has 1 aliphatic carbocycles. The van der Waals surface area contributed by atoms with Crippen LogP contribution < -0.4 is 0 Å². The van der Waals surface area contributed by atoms with Gasteiger partial charge in [0.25, 0.3) is 0 Å². The molecule has 3 rings (SSSR count). The van der Waals surface area contributed by atoms with Crippen LogP contribution in [0.4, 0.5) is 5.69 Å². The second kappa shape index (κ2) is 6.36. The number of carbonyl (C=O) groups excluding carboxylic acids is 1. The maximum absolute atomic E-state index is 12.8. The Morgan fingerprint density at radius 3 is 2.17 bits per heavy atom. The number of hydrogen-bond acceptors (Lipinski definition) is 3. The second-order valence-electron chi connectivity index (χ2n) is 6.82. The van der Waals surface area contributed by atoms with Crippen molar-refractivity contribution in [3.8, 4) is 0 Å². The topological polar surface area (TPSA) is 41.8 Å². The van der Waals surface area contributed by atoms with Crippen molar-refractivity contribution in [1.82, 2.24) is 0 Å². The molecule has 2 aromatic rings. The van der Waals surface area contributed by atoms with E-state index >= 15 is 0 Å². The molecule has 2 aromatic carbocycles. The predicted molar refractivity (Wildman–Crippen MR) is 97.2 cm³/mol. The molecule has 3 nitrogen and oxygen atoms in total. The molecule has 0 unspecified atom stereocenters. The van der Waals surface area contributed by atoms with Gasteiger partial charge in [0, 0.05) is 16.7 Å². The van der Waals surface area contributed by atoms with E-state index in [-0.39, 0.29) is 11.2 Å². The van der Waals surface area contributed by atoms with Crippen molar-refractivity contribution in [2.24, 2.45) is 15.6 Å². The molecule has 0 aromatic heterocycles. The smallest absolute Gasteiger partial charge is 0.190 e. The van der Waals surface area contributed by atoms with Crippen LogP contribution >= 0.6 is 0 Å². The van der Waals surface area contributed by atoms with Crippen molar-refractivity contribution in [2.45, 2.75) is 20.8 Å². The summed E-state index contributed by atoms with van der Waals surface area (Å²) in [5, 5.41) is 8.43. The number of rotatable bonds is 2. The van der Waals surface area contributed by atoms with Crippen LogP contribution in [0, 0.1) is 5.41 Å². The molecule has 0 radical (unpaired) electrons. The molecule has 0 saturated heterocycles. The highest BCUT2D eigenvalue weighted by Crippen LogP contribution is 2.37. The highest BCUT2D eigenvalue weighted by molar-refractivity contribution is 6.16. The third kappa shape index (κ3) is 3.25. The van der Waals surface area contributed by atoms with E-state index in [1.807, 2.05) is 81.4 Å². The van der Waals surface area contributed by atoms with Gasteiger partial charge in [-0.2, -0.15) is 10.2 Å². The summed E-state index contributed by atoms with van der Waals surface area (Å²) in [6, 6.07) is 17.2. The predicted octanol–water partition coefficient (Wildman–Crippen LogP) is 5.98. The first-order valence-corrected chi connectivity index (χ1v) is 7.99. The molecular formula is C21H20N2O. The summed E-state index contributed by atoms with van der Waals surface area (Å²) in [6.45, 7) is 6.15. The van der Waals surface area contributed by atoms with Crippen molar-refractivity contribution in [3.63, 3.8) is 0 Å². The van der Waals surface area contributed by atoms with E-state index in [0.29, 0.717) is 0 Å². The maximum Gasteiger partial charge on any atom is 0.190 e. The van der Waals surface area contributed by atoms with E-state index in [1.54, 1.807) is 6.20 Å². The van der Waals surface area contributed by atoms with Crippen LogP contribution in [-0.2, 0) is 0 Å². The summed E-state index contributed by atoms with van der Waals surface area (Å²) in [6.07, 6.45) is 3.67. The van der Waals surface area contributed by atoms with Crippen LogP contribution in [0.5, 0.6) is 0 Å². The van der Waals surface area contributed by atoms with Gasteiger partial charge >= 0.3 is 0 Å². The molecule has 0 heterocycles. The van der Waals surface area contributed by atoms with Crippen LogP contribution in [0.2, 0.25) is 0 Å². The van der Waals surface area contributed by atoms with Gasteiger partial charge in [-0.25, -0.2) is 0 Å². The number of Topliss-reactive ketones (excluding diaryl/α,β-unsaturated/α-hetero) is 1. The van der Waals surface area contributed by atoms with E-state index in [1.165, 1.54) is 0 Å². The summed E-state index contributed by atoms with van der Waals surface area (Å²) in [4.78, 5) is 12.8. The molecule has 1 aliphatic rings. The third-order valence-electron chi connectivity index (χ3n) is 3.96. The lowest BCUT2D eigenvalue weighted by atomic mass is 9.76. The lowest BCUT2D eigenvalue weighted by Crippen LogP contribution is -2.22. The first kappa shape index (κ1) is 16.1. The minimum atomic E-state index is -0.222. The van der Waals surface area contributed by atoms with E-state index in [4.69, 9.17) is 0 Å². The SMILES string of the molecule is CC(C)(C)C1=CC(=CN=Nc2ccccc2)c2ccccc2C1=O. The van der Waals surface area contributed by atoms with Gasteiger partial charge < -0.3 is 0 Å². The number of allylic oxidation sites excluding steroid dienone is 3. The van der Waals surface area contributed by atoms with Crippen LogP contribution in [0.1, 0.15) is 36.7 Å². The highest BCUT2D eigenvalue weighted by Gasteiger charge is 2.30. The van der Waals surface area contributed by atoms with Crippen LogP contribution in [0.3, 0.4) is 0 Å². The Labute approximate surface area is 142 Å². The number of benzene rings is 2. The monoisotopic (exact) mass is 316 g/mol. The third-order valence-corrected chi connectivity index (χ3v) is 3.96. The Balaban J connectivity index is 2.04. The van der Waals surface area contributed by atoms with Crippen molar-refractivity contribution in [2.75, 3.05) is 0 Å². The molecule has 0 spiro atoms. The molecule has 3 heteroatoms. The second-order valence-corrected chi connectivity index (χ2v) is 6.82. The first-order chi connectivity index (χ1) is 11.5. The van der Waals surface area contributed by atoms with Crippen LogP contribution in [0.25, 0.3) is 5.57 Å². The summed E-state index contributed by atoms with van der Waals surface area (Å²) < 4.78 is 0. The molecule has 0 bridgehead atoms. The zero-order valence-electron chi connectivity index (χ0n) is 14.2. The number of azo groups is 1. The summed E-state index contributed by atoms with van der Waals surface area (Å²) in [5.41, 5.74) is 3.92. The number of hydrogen-bond donors (Lipinski definition) is 0. The van der Waals surface area contributed by atoms with Crippen molar-refractivity contribution < 1.29 is 4.79 Å². The zero-order valence-corrected chi connectivity index (χ0v) is 14.2. The van der Waals surface area contributed by atoms with Gasteiger partial charge in [0.2, 0.25) is 0 Å². The van der Waals surface area contributed by atoms with E-state index in [0.717, 1.165) is 28.0 Å². The lowest BCUT2D eigenvalue weighted by molar-refractivity contribution is 0.101. The average Bonchev–Trinajstić information content (AvgIpc) is 2.57. The fraction of sp³-hybridized carbons (Fsp3) is 0.190. The Bertz CT molecular complexity index is 853. The molecule has 0 amide bonds. The highest BCUT2D eigenvalue weighted by atomic mass is 16.1. The Morgan fingerprint density at radius 1 is 0.875 bits per heavy atom. The number of fused-ring (bicyclic) bond motifs is 1. The van der Waals surface area contributed by atoms with Gasteiger partial charge in [0.05, 0.1) is 11.9 Å². The Morgan fingerprint density at radius 2 is 1.50 bits per heavy atom. The molecule has 24 heavy (non-hydrogen) atoms. The van der Waals surface area contributed by atoms with Gasteiger partial charge in [-0.15, -0.1) is 0 Å². The van der Waals surface area contributed by atoms with Gasteiger partial charge in [0.15, 0.2) is 5.78 Å². The first-order valence-electron chi connectivity index (χ1n) is 7.99. The number of carbonyl (C=O) groups is 1. The normalized spacial score (nSPS) is 16.4. The maximum atomic E-state index is 12.8. The van der Waals surface area contributed by atoms with E-state index in [2.05, 4.69) is 10.2 Å². The molecule has 0 aliphatic heterocycles. The Hall–Kier alpha value is -2.81. The molecule has 0 saturated carbocycles. The standard InChI is InChI=1S/C21H20N2O/c1-21(2,3)19-13-15(14-22-23-16-9-5-4-6-10-16)17-11-7-8-12-18(17)20(19)24/h4-14H,1-3H3. The fourth-order valence-electron chi connectivity index (χ4n) is 2.69. The average molecular weight is 316 g/mol. The quantitative estimate of drug-likeness (QED) is 0.628. The molecule has 0 atom stereocenters. The molecule has 120 valence electrons. The lowest BCUT2D eigenvalue weighted by Gasteiger charge is -2.27. The Kier molecular flexibility index (Phi) is 4.26. The molecular weight excluding hydrogens is 296 g/mol. The van der Waals surface area contributed by atoms with Crippen molar-refractivity contribution >= 4 is 17.0 Å². The summed E-state index contributed by atoms with van der Waals surface area (Å²) in [5.74, 6) is 0.0928. The van der Waals surface area contributed by atoms with Crippen molar-refractivity contribution in [1.29, 1.82) is 0 Å². The number of ketones is 1. The largest absolute Gasteiger partial charge is 0.289 e. The fourth-order valence-corrected chi connectivity index (χ4v) is 2.69. The minimum absolute atomic E-state index is 0.0928.